The van der Waals surface area contributed by atoms with Crippen molar-refractivity contribution in [2.24, 2.45) is 0 Å². The maximum absolute atomic E-state index is 11.1. The van der Waals surface area contributed by atoms with Crippen LogP contribution in [0.3, 0.4) is 0 Å². The van der Waals surface area contributed by atoms with Gasteiger partial charge >= 0.3 is 5.69 Å². The Morgan fingerprint density at radius 3 is 2.50 bits per heavy atom. The van der Waals surface area contributed by atoms with Gasteiger partial charge in [0.15, 0.2) is 0 Å². The second-order valence-electron chi connectivity index (χ2n) is 5.05. The van der Waals surface area contributed by atoms with Gasteiger partial charge in [-0.3, -0.25) is 10.1 Å². The van der Waals surface area contributed by atoms with E-state index < -0.39 is 4.92 Å². The standard InChI is InChI=1S/C12H18N4O4/c1-6-4-9(5-7(2)19-6)20-11-10(16(17)18)8(3)14-12(13)15-11/h6-7,9H,4-5H2,1-3H3,(H2,13,14,15). The predicted molar refractivity (Wildman–Crippen MR) is 71.5 cm³/mol. The lowest BCUT2D eigenvalue weighted by Crippen LogP contribution is -2.36. The number of nitrogens with zero attached hydrogens (tertiary/aromatic N) is 3. The van der Waals surface area contributed by atoms with E-state index in [2.05, 4.69) is 9.97 Å². The zero-order valence-corrected chi connectivity index (χ0v) is 11.7. The van der Waals surface area contributed by atoms with Crippen LogP contribution in [0.25, 0.3) is 0 Å². The molecule has 2 heterocycles. The second-order valence-corrected chi connectivity index (χ2v) is 5.05. The van der Waals surface area contributed by atoms with Crippen molar-refractivity contribution in [1.29, 1.82) is 0 Å². The maximum atomic E-state index is 11.1. The molecule has 1 saturated heterocycles. The highest BCUT2D eigenvalue weighted by Gasteiger charge is 2.30. The molecule has 20 heavy (non-hydrogen) atoms. The van der Waals surface area contributed by atoms with Gasteiger partial charge in [-0.2, -0.15) is 4.98 Å². The molecule has 1 aromatic rings. The third-order valence-electron chi connectivity index (χ3n) is 3.16. The smallest absolute Gasteiger partial charge is 0.352 e. The highest BCUT2D eigenvalue weighted by atomic mass is 16.6. The van der Waals surface area contributed by atoms with Gasteiger partial charge in [-0.05, 0) is 20.8 Å². The average molecular weight is 282 g/mol. The lowest BCUT2D eigenvalue weighted by atomic mass is 10.0. The molecule has 0 radical (unpaired) electrons. The minimum Gasteiger partial charge on any atom is -0.469 e. The Balaban J connectivity index is 2.26. The number of nitro groups is 1. The van der Waals surface area contributed by atoms with Crippen LogP contribution in [0.2, 0.25) is 0 Å². The molecule has 0 amide bonds. The van der Waals surface area contributed by atoms with Gasteiger partial charge in [0, 0.05) is 12.8 Å². The third kappa shape index (κ3) is 3.13. The molecule has 2 atom stereocenters. The molecule has 0 spiro atoms. The number of aryl methyl sites for hydroxylation is 1. The summed E-state index contributed by atoms with van der Waals surface area (Å²) in [5.74, 6) is -0.0949. The maximum Gasteiger partial charge on any atom is 0.352 e. The summed E-state index contributed by atoms with van der Waals surface area (Å²) in [5.41, 5.74) is 5.51. The van der Waals surface area contributed by atoms with Crippen LogP contribution in [0, 0.1) is 17.0 Å². The zero-order chi connectivity index (χ0) is 14.9. The highest BCUT2D eigenvalue weighted by molar-refractivity contribution is 5.47. The third-order valence-corrected chi connectivity index (χ3v) is 3.16. The Bertz CT molecular complexity index is 512. The molecule has 8 heteroatoms. The van der Waals surface area contributed by atoms with Gasteiger partial charge in [0.1, 0.15) is 11.8 Å². The molecule has 1 aliphatic rings. The van der Waals surface area contributed by atoms with E-state index in [0.717, 1.165) is 0 Å². The molecule has 1 aromatic heterocycles. The van der Waals surface area contributed by atoms with E-state index in [1.165, 1.54) is 6.92 Å². The first-order valence-electron chi connectivity index (χ1n) is 6.47. The highest BCUT2D eigenvalue weighted by Crippen LogP contribution is 2.31. The molecular weight excluding hydrogens is 264 g/mol. The van der Waals surface area contributed by atoms with Gasteiger partial charge < -0.3 is 15.2 Å². The van der Waals surface area contributed by atoms with Gasteiger partial charge in [-0.1, -0.05) is 0 Å². The van der Waals surface area contributed by atoms with Crippen LogP contribution >= 0.6 is 0 Å². The molecule has 0 saturated carbocycles. The summed E-state index contributed by atoms with van der Waals surface area (Å²) in [6.45, 7) is 5.40. The van der Waals surface area contributed by atoms with Gasteiger partial charge in [0.25, 0.3) is 5.88 Å². The van der Waals surface area contributed by atoms with Crippen molar-refractivity contribution >= 4 is 11.6 Å². The lowest BCUT2D eigenvalue weighted by Gasteiger charge is -2.31. The first-order valence-corrected chi connectivity index (χ1v) is 6.47. The summed E-state index contributed by atoms with van der Waals surface area (Å²) in [7, 11) is 0. The van der Waals surface area contributed by atoms with Gasteiger partial charge in [-0.25, -0.2) is 4.98 Å². The van der Waals surface area contributed by atoms with Crippen LogP contribution in [-0.2, 0) is 4.74 Å². The lowest BCUT2D eigenvalue weighted by molar-refractivity contribution is -0.387. The minimum absolute atomic E-state index is 0.0312. The van der Waals surface area contributed by atoms with Gasteiger partial charge in [0.2, 0.25) is 5.95 Å². The quantitative estimate of drug-likeness (QED) is 0.661. The Kier molecular flexibility index (Phi) is 4.03. The topological polar surface area (TPSA) is 113 Å². The van der Waals surface area contributed by atoms with Crippen LogP contribution in [0.15, 0.2) is 0 Å². The van der Waals surface area contributed by atoms with Crippen molar-refractivity contribution in [2.45, 2.75) is 51.9 Å². The number of nitrogen functional groups attached to an aromatic ring is 1. The minimum atomic E-state index is -0.545. The number of hydrogen-bond acceptors (Lipinski definition) is 7. The number of rotatable bonds is 3. The summed E-state index contributed by atoms with van der Waals surface area (Å²) in [4.78, 5) is 18.2. The summed E-state index contributed by atoms with van der Waals surface area (Å²) >= 11 is 0. The largest absolute Gasteiger partial charge is 0.469 e. The SMILES string of the molecule is Cc1nc(N)nc(OC2CC(C)OC(C)C2)c1[N+](=O)[O-]. The molecule has 2 rings (SSSR count). The second kappa shape index (κ2) is 5.58. The number of nitrogens with two attached hydrogens (primary N) is 1. The van der Waals surface area contributed by atoms with E-state index in [1.807, 2.05) is 13.8 Å². The first-order chi connectivity index (χ1) is 9.36. The van der Waals surface area contributed by atoms with Crippen molar-refractivity contribution in [2.75, 3.05) is 5.73 Å². The average Bonchev–Trinajstić information content (AvgIpc) is 2.25. The molecule has 0 aromatic carbocycles. The van der Waals surface area contributed by atoms with E-state index in [4.69, 9.17) is 15.2 Å². The molecule has 0 aliphatic carbocycles. The monoisotopic (exact) mass is 282 g/mol. The number of aromatic nitrogens is 2. The fraction of sp³-hybridized carbons (Fsp3) is 0.667. The number of hydrogen-bond donors (Lipinski definition) is 1. The van der Waals surface area contributed by atoms with Crippen LogP contribution < -0.4 is 10.5 Å². The Morgan fingerprint density at radius 1 is 1.35 bits per heavy atom. The van der Waals surface area contributed by atoms with Crippen LogP contribution in [0.5, 0.6) is 5.88 Å². The Hall–Kier alpha value is -1.96. The van der Waals surface area contributed by atoms with Crippen molar-refractivity contribution < 1.29 is 14.4 Å². The van der Waals surface area contributed by atoms with E-state index in [-0.39, 0.29) is 41.5 Å². The molecule has 8 nitrogen and oxygen atoms in total. The molecule has 2 unspecified atom stereocenters. The molecule has 110 valence electrons. The molecule has 2 N–H and O–H groups in total. The summed E-state index contributed by atoms with van der Waals surface area (Å²) in [5, 5.41) is 11.1. The zero-order valence-electron chi connectivity index (χ0n) is 11.7. The number of anilines is 1. The molecule has 1 aliphatic heterocycles. The molecule has 0 bridgehead atoms. The van der Waals surface area contributed by atoms with Crippen molar-refractivity contribution in [3.05, 3.63) is 15.8 Å². The summed E-state index contributed by atoms with van der Waals surface area (Å²) in [6, 6.07) is 0. The van der Waals surface area contributed by atoms with E-state index >= 15 is 0 Å². The fourth-order valence-electron chi connectivity index (χ4n) is 2.45. The Labute approximate surface area is 116 Å². The first kappa shape index (κ1) is 14.4. The van der Waals surface area contributed by atoms with Gasteiger partial charge in [-0.15, -0.1) is 0 Å². The van der Waals surface area contributed by atoms with Crippen LogP contribution in [0.4, 0.5) is 11.6 Å². The Morgan fingerprint density at radius 2 is 1.95 bits per heavy atom. The van der Waals surface area contributed by atoms with E-state index in [9.17, 15) is 10.1 Å². The van der Waals surface area contributed by atoms with E-state index in [0.29, 0.717) is 12.8 Å². The van der Waals surface area contributed by atoms with E-state index in [1.54, 1.807) is 0 Å². The van der Waals surface area contributed by atoms with Crippen molar-refractivity contribution in [3.8, 4) is 5.88 Å². The predicted octanol–water partition coefficient (Wildman–Crippen LogP) is 1.61. The number of ether oxygens (including phenoxy) is 2. The summed E-state index contributed by atoms with van der Waals surface area (Å²) < 4.78 is 11.3. The van der Waals surface area contributed by atoms with Gasteiger partial charge in [0.05, 0.1) is 17.1 Å². The molecular formula is C12H18N4O4. The summed E-state index contributed by atoms with van der Waals surface area (Å²) in [6.07, 6.45) is 1.22. The molecule has 1 fully saturated rings. The normalized spacial score (nSPS) is 26.2. The van der Waals surface area contributed by atoms with Crippen LogP contribution in [0.1, 0.15) is 32.4 Å². The van der Waals surface area contributed by atoms with Crippen LogP contribution in [-0.4, -0.2) is 33.2 Å². The van der Waals surface area contributed by atoms with Crippen molar-refractivity contribution in [3.63, 3.8) is 0 Å². The fourth-order valence-corrected chi connectivity index (χ4v) is 2.45. The van der Waals surface area contributed by atoms with Crippen molar-refractivity contribution in [1.82, 2.24) is 9.97 Å².